The molecule has 0 saturated carbocycles. The van der Waals surface area contributed by atoms with Crippen LogP contribution >= 0.6 is 11.3 Å². The topological polar surface area (TPSA) is 29.1 Å². The van der Waals surface area contributed by atoms with Crippen molar-refractivity contribution in [2.24, 2.45) is 0 Å². The van der Waals surface area contributed by atoms with E-state index in [0.29, 0.717) is 0 Å². The molecular weight excluding hydrogens is 230 g/mol. The van der Waals surface area contributed by atoms with Crippen LogP contribution in [0.25, 0.3) is 0 Å². The molecule has 1 heterocycles. The first-order chi connectivity index (χ1) is 8.13. The van der Waals surface area contributed by atoms with Gasteiger partial charge in [-0.25, -0.2) is 0 Å². The molecule has 0 bridgehead atoms. The molecule has 0 unspecified atom stereocenters. The maximum Gasteiger partial charge on any atom is 0.221 e. The first-order valence-corrected chi connectivity index (χ1v) is 6.37. The third-order valence-electron chi connectivity index (χ3n) is 2.42. The molecule has 0 aliphatic rings. The number of hydrogen-bond acceptors (Lipinski definition) is 2. The second-order valence-corrected chi connectivity index (χ2v) is 5.44. The maximum absolute atomic E-state index is 11.0. The van der Waals surface area contributed by atoms with Crippen LogP contribution in [0.4, 0.5) is 5.69 Å². The molecule has 0 atom stereocenters. The molecule has 2 nitrogen and oxygen atoms in total. The van der Waals surface area contributed by atoms with E-state index in [1.807, 2.05) is 29.5 Å². The van der Waals surface area contributed by atoms with E-state index in [1.54, 1.807) is 0 Å². The van der Waals surface area contributed by atoms with Gasteiger partial charge in [0.2, 0.25) is 5.91 Å². The minimum atomic E-state index is -0.0332. The van der Waals surface area contributed by atoms with Gasteiger partial charge < -0.3 is 5.32 Å². The number of amides is 1. The van der Waals surface area contributed by atoms with Crippen molar-refractivity contribution in [3.05, 3.63) is 51.7 Å². The summed E-state index contributed by atoms with van der Waals surface area (Å²) in [5.41, 5.74) is 2.08. The number of aryl methyl sites for hydroxylation is 1. The van der Waals surface area contributed by atoms with Gasteiger partial charge in [-0.3, -0.25) is 4.79 Å². The molecule has 0 spiro atoms. The second-order valence-electron chi connectivity index (χ2n) is 4.07. The van der Waals surface area contributed by atoms with Crippen molar-refractivity contribution in [3.63, 3.8) is 0 Å². The fourth-order valence-electron chi connectivity index (χ4n) is 1.74. The van der Waals surface area contributed by atoms with E-state index in [1.165, 1.54) is 22.2 Å². The molecule has 1 aromatic heterocycles. The Balaban J connectivity index is 2.13. The predicted octanol–water partition coefficient (Wildman–Crippen LogP) is 3.61. The SMILES string of the molecule is CC(=O)Nc1cccc(Cc2ccc(C)s2)c1. The van der Waals surface area contributed by atoms with Gasteiger partial charge in [0.05, 0.1) is 0 Å². The Hall–Kier alpha value is -1.61. The first kappa shape index (κ1) is 11.9. The summed E-state index contributed by atoms with van der Waals surface area (Å²) in [7, 11) is 0. The highest BCUT2D eigenvalue weighted by Crippen LogP contribution is 2.20. The average molecular weight is 245 g/mol. The predicted molar refractivity (Wildman–Crippen MR) is 72.6 cm³/mol. The lowest BCUT2D eigenvalue weighted by molar-refractivity contribution is -0.114. The number of carbonyl (C=O) groups is 1. The van der Waals surface area contributed by atoms with Crippen LogP contribution in [-0.4, -0.2) is 5.91 Å². The number of anilines is 1. The highest BCUT2D eigenvalue weighted by molar-refractivity contribution is 7.11. The van der Waals surface area contributed by atoms with Crippen molar-refractivity contribution in [2.45, 2.75) is 20.3 Å². The Morgan fingerprint density at radius 2 is 2.12 bits per heavy atom. The number of benzene rings is 1. The summed E-state index contributed by atoms with van der Waals surface area (Å²) in [4.78, 5) is 13.7. The van der Waals surface area contributed by atoms with Gasteiger partial charge in [0, 0.05) is 28.8 Å². The molecular formula is C14H15NOS. The lowest BCUT2D eigenvalue weighted by atomic mass is 10.1. The first-order valence-electron chi connectivity index (χ1n) is 5.55. The molecule has 1 aromatic carbocycles. The van der Waals surface area contributed by atoms with Crippen molar-refractivity contribution in [1.29, 1.82) is 0 Å². The van der Waals surface area contributed by atoms with Gasteiger partial charge in [0.15, 0.2) is 0 Å². The standard InChI is InChI=1S/C14H15NOS/c1-10-6-7-14(17-10)9-12-4-3-5-13(8-12)15-11(2)16/h3-8H,9H2,1-2H3,(H,15,16). The number of nitrogens with one attached hydrogen (secondary N) is 1. The quantitative estimate of drug-likeness (QED) is 0.879. The Labute approximate surface area is 105 Å². The summed E-state index contributed by atoms with van der Waals surface area (Å²) in [6.07, 6.45) is 0.923. The Morgan fingerprint density at radius 1 is 1.29 bits per heavy atom. The van der Waals surface area contributed by atoms with Crippen molar-refractivity contribution >= 4 is 22.9 Å². The van der Waals surface area contributed by atoms with Gasteiger partial charge in [0.25, 0.3) is 0 Å². The number of hydrogen-bond donors (Lipinski definition) is 1. The average Bonchev–Trinajstić information content (AvgIpc) is 2.63. The zero-order chi connectivity index (χ0) is 12.3. The summed E-state index contributed by atoms with van der Waals surface area (Å²) in [5.74, 6) is -0.0332. The van der Waals surface area contributed by atoms with E-state index in [-0.39, 0.29) is 5.91 Å². The molecule has 0 radical (unpaired) electrons. The smallest absolute Gasteiger partial charge is 0.221 e. The lowest BCUT2D eigenvalue weighted by Gasteiger charge is -2.04. The van der Waals surface area contributed by atoms with Crippen molar-refractivity contribution in [1.82, 2.24) is 0 Å². The largest absolute Gasteiger partial charge is 0.326 e. The molecule has 1 amide bonds. The van der Waals surface area contributed by atoms with Crippen LogP contribution in [0.5, 0.6) is 0 Å². The highest BCUT2D eigenvalue weighted by Gasteiger charge is 2.01. The van der Waals surface area contributed by atoms with E-state index in [4.69, 9.17) is 0 Å². The zero-order valence-electron chi connectivity index (χ0n) is 9.99. The van der Waals surface area contributed by atoms with Crippen molar-refractivity contribution in [2.75, 3.05) is 5.32 Å². The molecule has 0 fully saturated rings. The minimum absolute atomic E-state index is 0.0332. The van der Waals surface area contributed by atoms with E-state index in [2.05, 4.69) is 30.4 Å². The summed E-state index contributed by atoms with van der Waals surface area (Å²) >= 11 is 1.81. The molecule has 3 heteroatoms. The third-order valence-corrected chi connectivity index (χ3v) is 3.42. The molecule has 0 saturated heterocycles. The van der Waals surface area contributed by atoms with Gasteiger partial charge in [0.1, 0.15) is 0 Å². The van der Waals surface area contributed by atoms with Gasteiger partial charge in [-0.1, -0.05) is 12.1 Å². The fourth-order valence-corrected chi connectivity index (χ4v) is 2.67. The Morgan fingerprint density at radius 3 is 2.76 bits per heavy atom. The third kappa shape index (κ3) is 3.43. The van der Waals surface area contributed by atoms with Crippen LogP contribution in [0.3, 0.4) is 0 Å². The van der Waals surface area contributed by atoms with Gasteiger partial charge in [-0.15, -0.1) is 11.3 Å². The minimum Gasteiger partial charge on any atom is -0.326 e. The number of rotatable bonds is 3. The molecule has 1 N–H and O–H groups in total. The summed E-state index contributed by atoms with van der Waals surface area (Å²) in [6.45, 7) is 3.64. The van der Waals surface area contributed by atoms with Crippen LogP contribution in [0, 0.1) is 6.92 Å². The molecule has 88 valence electrons. The summed E-state index contributed by atoms with van der Waals surface area (Å²) < 4.78 is 0. The van der Waals surface area contributed by atoms with E-state index in [9.17, 15) is 4.79 Å². The molecule has 0 aliphatic carbocycles. The van der Waals surface area contributed by atoms with E-state index >= 15 is 0 Å². The molecule has 2 rings (SSSR count). The number of thiophene rings is 1. The van der Waals surface area contributed by atoms with E-state index in [0.717, 1.165) is 12.1 Å². The Kier molecular flexibility index (Phi) is 3.59. The van der Waals surface area contributed by atoms with Crippen LogP contribution in [0.2, 0.25) is 0 Å². The van der Waals surface area contributed by atoms with Gasteiger partial charge >= 0.3 is 0 Å². The molecule has 17 heavy (non-hydrogen) atoms. The summed E-state index contributed by atoms with van der Waals surface area (Å²) in [6, 6.07) is 12.3. The van der Waals surface area contributed by atoms with Crippen molar-refractivity contribution < 1.29 is 4.79 Å². The van der Waals surface area contributed by atoms with Gasteiger partial charge in [-0.05, 0) is 36.8 Å². The zero-order valence-corrected chi connectivity index (χ0v) is 10.8. The maximum atomic E-state index is 11.0. The summed E-state index contributed by atoms with van der Waals surface area (Å²) in [5, 5.41) is 2.80. The van der Waals surface area contributed by atoms with Crippen LogP contribution in [0.1, 0.15) is 22.2 Å². The lowest BCUT2D eigenvalue weighted by Crippen LogP contribution is -2.05. The van der Waals surface area contributed by atoms with Gasteiger partial charge in [-0.2, -0.15) is 0 Å². The van der Waals surface area contributed by atoms with E-state index < -0.39 is 0 Å². The Bertz CT molecular complexity index is 531. The van der Waals surface area contributed by atoms with Crippen LogP contribution in [0.15, 0.2) is 36.4 Å². The molecule has 0 aliphatic heterocycles. The highest BCUT2D eigenvalue weighted by atomic mass is 32.1. The van der Waals surface area contributed by atoms with Crippen LogP contribution < -0.4 is 5.32 Å². The van der Waals surface area contributed by atoms with Crippen molar-refractivity contribution in [3.8, 4) is 0 Å². The van der Waals surface area contributed by atoms with Crippen LogP contribution in [-0.2, 0) is 11.2 Å². The number of carbonyl (C=O) groups excluding carboxylic acids is 1. The normalized spacial score (nSPS) is 10.2. The monoisotopic (exact) mass is 245 g/mol. The molecule has 2 aromatic rings. The fraction of sp³-hybridized carbons (Fsp3) is 0.214. The second kappa shape index (κ2) is 5.15.